The Labute approximate surface area is 164 Å². The molecule has 28 heavy (non-hydrogen) atoms. The van der Waals surface area contributed by atoms with Crippen LogP contribution in [0.5, 0.6) is 0 Å². The van der Waals surface area contributed by atoms with Gasteiger partial charge in [0.05, 0.1) is 11.0 Å². The van der Waals surface area contributed by atoms with Gasteiger partial charge in [-0.05, 0) is 36.6 Å². The first-order chi connectivity index (χ1) is 13.6. The van der Waals surface area contributed by atoms with Crippen LogP contribution in [0, 0.1) is 5.82 Å². The molecular formula is C23H26FN3O. The molecule has 0 bridgehead atoms. The van der Waals surface area contributed by atoms with E-state index in [0.29, 0.717) is 18.4 Å². The molecule has 0 radical (unpaired) electrons. The van der Waals surface area contributed by atoms with Crippen LogP contribution in [0.1, 0.15) is 43.5 Å². The number of imidazole rings is 1. The summed E-state index contributed by atoms with van der Waals surface area (Å²) in [5, 5.41) is 0. The summed E-state index contributed by atoms with van der Waals surface area (Å²) in [5.74, 6) is 0.552. The Bertz CT molecular complexity index is 960. The Morgan fingerprint density at radius 2 is 1.93 bits per heavy atom. The fourth-order valence-corrected chi connectivity index (χ4v) is 4.49. The van der Waals surface area contributed by atoms with Crippen LogP contribution in [0.2, 0.25) is 0 Å². The Hall–Kier alpha value is -2.69. The number of carbonyl (C=O) groups is 1. The van der Waals surface area contributed by atoms with Crippen LogP contribution < -0.4 is 0 Å². The van der Waals surface area contributed by atoms with E-state index in [1.54, 1.807) is 6.07 Å². The molecule has 0 aliphatic heterocycles. The van der Waals surface area contributed by atoms with E-state index < -0.39 is 0 Å². The van der Waals surface area contributed by atoms with Gasteiger partial charge in [-0.3, -0.25) is 4.79 Å². The number of amides is 1. The molecular weight excluding hydrogens is 353 g/mol. The SMILES string of the molecule is CN(CC1(c2ccccc2)CCCC1)C(=O)CCc1nc2ccc(F)cc2[nH]1. The Kier molecular flexibility index (Phi) is 5.16. The van der Waals surface area contributed by atoms with Crippen LogP contribution >= 0.6 is 0 Å². The number of aromatic nitrogens is 2. The van der Waals surface area contributed by atoms with E-state index in [0.717, 1.165) is 30.7 Å². The average Bonchev–Trinajstić information content (AvgIpc) is 3.33. The average molecular weight is 379 g/mol. The molecule has 0 spiro atoms. The highest BCUT2D eigenvalue weighted by atomic mass is 19.1. The lowest BCUT2D eigenvalue weighted by Crippen LogP contribution is -2.40. The number of benzene rings is 2. The number of aryl methyl sites for hydroxylation is 1. The third kappa shape index (κ3) is 3.79. The van der Waals surface area contributed by atoms with E-state index in [4.69, 9.17) is 0 Å². The van der Waals surface area contributed by atoms with Crippen molar-refractivity contribution in [2.75, 3.05) is 13.6 Å². The van der Waals surface area contributed by atoms with Gasteiger partial charge < -0.3 is 9.88 Å². The molecule has 4 rings (SSSR count). The number of carbonyl (C=O) groups excluding carboxylic acids is 1. The molecule has 3 aromatic rings. The van der Waals surface area contributed by atoms with Crippen molar-refractivity contribution in [3.05, 3.63) is 65.7 Å². The number of hydrogen-bond acceptors (Lipinski definition) is 2. The van der Waals surface area contributed by atoms with Crippen molar-refractivity contribution in [3.63, 3.8) is 0 Å². The first kappa shape index (κ1) is 18.7. The molecule has 2 aromatic carbocycles. The highest BCUT2D eigenvalue weighted by molar-refractivity contribution is 5.77. The van der Waals surface area contributed by atoms with Gasteiger partial charge in [0.2, 0.25) is 5.91 Å². The van der Waals surface area contributed by atoms with Crippen molar-refractivity contribution in [1.82, 2.24) is 14.9 Å². The van der Waals surface area contributed by atoms with E-state index >= 15 is 0 Å². The van der Waals surface area contributed by atoms with Crippen LogP contribution in [0.3, 0.4) is 0 Å². The maximum Gasteiger partial charge on any atom is 0.222 e. The largest absolute Gasteiger partial charge is 0.345 e. The normalized spacial score (nSPS) is 15.8. The topological polar surface area (TPSA) is 49.0 Å². The second-order valence-corrected chi connectivity index (χ2v) is 7.95. The minimum atomic E-state index is -0.290. The van der Waals surface area contributed by atoms with Gasteiger partial charge >= 0.3 is 0 Å². The van der Waals surface area contributed by atoms with Gasteiger partial charge in [-0.25, -0.2) is 9.37 Å². The number of nitrogens with one attached hydrogen (secondary N) is 1. The van der Waals surface area contributed by atoms with Crippen LogP contribution in [0.15, 0.2) is 48.5 Å². The Morgan fingerprint density at radius 1 is 1.18 bits per heavy atom. The smallest absolute Gasteiger partial charge is 0.222 e. The number of halogens is 1. The number of fused-ring (bicyclic) bond motifs is 1. The summed E-state index contributed by atoms with van der Waals surface area (Å²) in [6.45, 7) is 0.751. The van der Waals surface area contributed by atoms with Crippen molar-refractivity contribution in [2.45, 2.75) is 43.9 Å². The molecule has 1 saturated carbocycles. The summed E-state index contributed by atoms with van der Waals surface area (Å²) in [6, 6.07) is 15.1. The van der Waals surface area contributed by atoms with Crippen LogP contribution in [0.4, 0.5) is 4.39 Å². The van der Waals surface area contributed by atoms with Gasteiger partial charge in [-0.2, -0.15) is 0 Å². The maximum absolute atomic E-state index is 13.3. The number of hydrogen-bond donors (Lipinski definition) is 1. The minimum absolute atomic E-state index is 0.0720. The van der Waals surface area contributed by atoms with Crippen molar-refractivity contribution in [2.24, 2.45) is 0 Å². The zero-order chi connectivity index (χ0) is 19.6. The standard InChI is InChI=1S/C23H26FN3O/c1-27(16-23(13-5-6-14-23)17-7-3-2-4-8-17)22(28)12-11-21-25-19-10-9-18(24)15-20(19)26-21/h2-4,7-10,15H,5-6,11-14,16H2,1H3,(H,25,26). The van der Waals surface area contributed by atoms with E-state index in [1.165, 1.54) is 30.5 Å². The number of H-pyrrole nitrogens is 1. The summed E-state index contributed by atoms with van der Waals surface area (Å²) < 4.78 is 13.3. The van der Waals surface area contributed by atoms with E-state index in [9.17, 15) is 9.18 Å². The monoisotopic (exact) mass is 379 g/mol. The molecule has 1 aliphatic rings. The quantitative estimate of drug-likeness (QED) is 0.680. The molecule has 1 fully saturated rings. The second kappa shape index (κ2) is 7.74. The van der Waals surface area contributed by atoms with Gasteiger partial charge in [-0.15, -0.1) is 0 Å². The lowest BCUT2D eigenvalue weighted by Gasteiger charge is -2.34. The fraction of sp³-hybridized carbons (Fsp3) is 0.391. The maximum atomic E-state index is 13.3. The van der Waals surface area contributed by atoms with E-state index in [1.807, 2.05) is 18.0 Å². The second-order valence-electron chi connectivity index (χ2n) is 7.95. The van der Waals surface area contributed by atoms with Crippen LogP contribution in [-0.2, 0) is 16.6 Å². The van der Waals surface area contributed by atoms with Gasteiger partial charge in [-0.1, -0.05) is 43.2 Å². The van der Waals surface area contributed by atoms with E-state index in [2.05, 4.69) is 34.2 Å². The van der Waals surface area contributed by atoms with Gasteiger partial charge in [0.15, 0.2) is 0 Å². The zero-order valence-electron chi connectivity index (χ0n) is 16.2. The third-order valence-corrected chi connectivity index (χ3v) is 5.98. The summed E-state index contributed by atoms with van der Waals surface area (Å²) in [7, 11) is 1.90. The Morgan fingerprint density at radius 3 is 2.68 bits per heavy atom. The van der Waals surface area contributed by atoms with Crippen LogP contribution in [-0.4, -0.2) is 34.4 Å². The molecule has 0 unspecified atom stereocenters. The Balaban J connectivity index is 1.41. The van der Waals surface area contributed by atoms with Gasteiger partial charge in [0.25, 0.3) is 0 Å². The number of rotatable bonds is 6. The molecule has 1 aromatic heterocycles. The summed E-state index contributed by atoms with van der Waals surface area (Å²) >= 11 is 0. The van der Waals surface area contributed by atoms with Crippen molar-refractivity contribution >= 4 is 16.9 Å². The molecule has 0 saturated heterocycles. The first-order valence-electron chi connectivity index (χ1n) is 9.99. The van der Waals surface area contributed by atoms with Crippen molar-refractivity contribution in [1.29, 1.82) is 0 Å². The van der Waals surface area contributed by atoms with Gasteiger partial charge in [0.1, 0.15) is 11.6 Å². The minimum Gasteiger partial charge on any atom is -0.345 e. The highest BCUT2D eigenvalue weighted by Gasteiger charge is 2.37. The molecule has 1 N–H and O–H groups in total. The van der Waals surface area contributed by atoms with E-state index in [-0.39, 0.29) is 17.1 Å². The highest BCUT2D eigenvalue weighted by Crippen LogP contribution is 2.41. The molecule has 5 heteroatoms. The van der Waals surface area contributed by atoms with Crippen LogP contribution in [0.25, 0.3) is 11.0 Å². The molecule has 4 nitrogen and oxygen atoms in total. The van der Waals surface area contributed by atoms with Crippen molar-refractivity contribution in [3.8, 4) is 0 Å². The third-order valence-electron chi connectivity index (χ3n) is 5.98. The number of likely N-dealkylation sites (N-methyl/N-ethyl adjacent to an activating group) is 1. The lowest BCUT2D eigenvalue weighted by molar-refractivity contribution is -0.130. The molecule has 0 atom stereocenters. The van der Waals surface area contributed by atoms with Crippen molar-refractivity contribution < 1.29 is 9.18 Å². The predicted octanol–water partition coefficient (Wildman–Crippen LogP) is 4.61. The first-order valence-corrected chi connectivity index (χ1v) is 9.99. The fourth-order valence-electron chi connectivity index (χ4n) is 4.49. The predicted molar refractivity (Wildman–Crippen MR) is 109 cm³/mol. The molecule has 1 aliphatic carbocycles. The zero-order valence-corrected chi connectivity index (χ0v) is 16.2. The lowest BCUT2D eigenvalue weighted by atomic mass is 9.78. The number of aromatic amines is 1. The molecule has 1 amide bonds. The molecule has 146 valence electrons. The summed E-state index contributed by atoms with van der Waals surface area (Å²) in [6.07, 6.45) is 5.61. The van der Waals surface area contributed by atoms with Gasteiger partial charge in [0, 0.05) is 31.8 Å². The summed E-state index contributed by atoms with van der Waals surface area (Å²) in [4.78, 5) is 22.2. The summed E-state index contributed by atoms with van der Waals surface area (Å²) in [5.41, 5.74) is 2.81. The molecule has 1 heterocycles. The number of nitrogens with zero attached hydrogens (tertiary/aromatic N) is 2.